The molecule has 3 heterocycles. The zero-order valence-corrected chi connectivity index (χ0v) is 15.9. The fraction of sp³-hybridized carbons (Fsp3) is 0.833. The van der Waals surface area contributed by atoms with E-state index in [1.807, 2.05) is 4.90 Å². The molecule has 7 nitrogen and oxygen atoms in total. The van der Waals surface area contributed by atoms with Crippen molar-refractivity contribution in [1.29, 1.82) is 0 Å². The van der Waals surface area contributed by atoms with Gasteiger partial charge < -0.3 is 9.42 Å². The topological polar surface area (TPSA) is 65.7 Å². The van der Waals surface area contributed by atoms with Crippen LogP contribution in [0.4, 0.5) is 0 Å². The van der Waals surface area contributed by atoms with Crippen LogP contribution in [0.5, 0.6) is 0 Å². The van der Waals surface area contributed by atoms with Crippen molar-refractivity contribution in [2.75, 3.05) is 39.3 Å². The number of piperazine rings is 1. The summed E-state index contributed by atoms with van der Waals surface area (Å²) in [6, 6.07) is 0.693. The monoisotopic (exact) mass is 349 g/mol. The summed E-state index contributed by atoms with van der Waals surface area (Å²) in [5.41, 5.74) is 0. The molecule has 0 spiro atoms. The number of likely N-dealkylation sites (tertiary alicyclic amines) is 1. The third-order valence-corrected chi connectivity index (χ3v) is 5.69. The van der Waals surface area contributed by atoms with Gasteiger partial charge in [-0.15, -0.1) is 0 Å². The number of rotatable bonds is 5. The highest BCUT2D eigenvalue weighted by molar-refractivity contribution is 5.73. The van der Waals surface area contributed by atoms with E-state index in [2.05, 4.69) is 40.7 Å². The number of amides is 1. The summed E-state index contributed by atoms with van der Waals surface area (Å²) in [6.07, 6.45) is 1.90. The quantitative estimate of drug-likeness (QED) is 0.804. The molecule has 1 aromatic heterocycles. The van der Waals surface area contributed by atoms with E-state index in [9.17, 15) is 4.79 Å². The molecule has 0 unspecified atom stereocenters. The van der Waals surface area contributed by atoms with E-state index >= 15 is 0 Å². The van der Waals surface area contributed by atoms with Gasteiger partial charge in [-0.3, -0.25) is 14.6 Å². The van der Waals surface area contributed by atoms with E-state index in [1.54, 1.807) is 6.92 Å². The van der Waals surface area contributed by atoms with Gasteiger partial charge in [-0.2, -0.15) is 4.98 Å². The maximum atomic E-state index is 11.5. The molecule has 0 N–H and O–H groups in total. The van der Waals surface area contributed by atoms with Gasteiger partial charge in [0.1, 0.15) is 0 Å². The summed E-state index contributed by atoms with van der Waals surface area (Å²) in [5.74, 6) is 2.34. The molecule has 7 heteroatoms. The number of carbonyl (C=O) groups excluding carboxylic acids is 1. The van der Waals surface area contributed by atoms with Crippen LogP contribution >= 0.6 is 0 Å². The van der Waals surface area contributed by atoms with Crippen LogP contribution in [-0.2, 0) is 11.2 Å². The number of hydrogen-bond acceptors (Lipinski definition) is 6. The van der Waals surface area contributed by atoms with Gasteiger partial charge in [0, 0.05) is 58.7 Å². The Morgan fingerprint density at radius 3 is 2.64 bits per heavy atom. The molecule has 0 bridgehead atoms. The lowest BCUT2D eigenvalue weighted by Gasteiger charge is -2.39. The first kappa shape index (κ1) is 18.3. The van der Waals surface area contributed by atoms with Gasteiger partial charge in [0.05, 0.1) is 6.04 Å². The molecule has 1 aromatic rings. The Morgan fingerprint density at radius 2 is 2.00 bits per heavy atom. The van der Waals surface area contributed by atoms with Crippen molar-refractivity contribution in [2.45, 2.75) is 52.6 Å². The molecule has 0 aromatic carbocycles. The van der Waals surface area contributed by atoms with Gasteiger partial charge in [0.15, 0.2) is 5.82 Å². The van der Waals surface area contributed by atoms with Crippen molar-refractivity contribution >= 4 is 5.91 Å². The molecule has 2 fully saturated rings. The first-order chi connectivity index (χ1) is 12.0. The van der Waals surface area contributed by atoms with Crippen molar-refractivity contribution in [1.82, 2.24) is 24.8 Å². The van der Waals surface area contributed by atoms with Crippen LogP contribution in [-0.4, -0.2) is 76.1 Å². The first-order valence-electron chi connectivity index (χ1n) is 9.55. The number of carbonyl (C=O) groups is 1. The molecule has 3 rings (SSSR count). The summed E-state index contributed by atoms with van der Waals surface area (Å²) in [5, 5.41) is 4.09. The average molecular weight is 349 g/mol. The molecule has 140 valence electrons. The number of aryl methyl sites for hydroxylation is 1. The van der Waals surface area contributed by atoms with Gasteiger partial charge in [-0.25, -0.2) is 0 Å². The maximum absolute atomic E-state index is 11.5. The van der Waals surface area contributed by atoms with Crippen LogP contribution in [0.1, 0.15) is 51.9 Å². The highest BCUT2D eigenvalue weighted by Crippen LogP contribution is 2.29. The highest BCUT2D eigenvalue weighted by Gasteiger charge is 2.38. The van der Waals surface area contributed by atoms with Crippen molar-refractivity contribution in [2.24, 2.45) is 5.92 Å². The van der Waals surface area contributed by atoms with Gasteiger partial charge in [0.2, 0.25) is 11.8 Å². The summed E-state index contributed by atoms with van der Waals surface area (Å²) in [6.45, 7) is 14.0. The van der Waals surface area contributed by atoms with E-state index in [-0.39, 0.29) is 11.9 Å². The van der Waals surface area contributed by atoms with Crippen LogP contribution in [0.25, 0.3) is 0 Å². The fourth-order valence-electron chi connectivity index (χ4n) is 4.06. The number of hydrogen-bond donors (Lipinski definition) is 0. The van der Waals surface area contributed by atoms with Crippen molar-refractivity contribution in [3.63, 3.8) is 0 Å². The normalized spacial score (nSPS) is 27.0. The molecule has 0 radical (unpaired) electrons. The van der Waals surface area contributed by atoms with E-state index in [0.717, 1.165) is 63.8 Å². The minimum absolute atomic E-state index is 0.157. The minimum atomic E-state index is 0.157. The third-order valence-electron chi connectivity index (χ3n) is 5.69. The summed E-state index contributed by atoms with van der Waals surface area (Å²) in [7, 11) is 0. The average Bonchev–Trinajstić information content (AvgIpc) is 3.21. The molecule has 0 saturated carbocycles. The van der Waals surface area contributed by atoms with E-state index < -0.39 is 0 Å². The summed E-state index contributed by atoms with van der Waals surface area (Å²) >= 11 is 0. The van der Waals surface area contributed by atoms with Crippen molar-refractivity contribution in [3.8, 4) is 0 Å². The second-order valence-electron chi connectivity index (χ2n) is 7.52. The molecule has 25 heavy (non-hydrogen) atoms. The molecule has 3 atom stereocenters. The Hall–Kier alpha value is -1.47. The van der Waals surface area contributed by atoms with Gasteiger partial charge in [-0.05, 0) is 19.3 Å². The molecular weight excluding hydrogens is 318 g/mol. The highest BCUT2D eigenvalue weighted by atomic mass is 16.5. The Labute approximate surface area is 150 Å². The zero-order chi connectivity index (χ0) is 18.0. The largest absolute Gasteiger partial charge is 0.340 e. The predicted molar refractivity (Wildman–Crippen MR) is 95.1 cm³/mol. The summed E-state index contributed by atoms with van der Waals surface area (Å²) < 4.78 is 5.49. The number of aromatic nitrogens is 2. The van der Waals surface area contributed by atoms with Gasteiger partial charge >= 0.3 is 0 Å². The zero-order valence-electron chi connectivity index (χ0n) is 15.9. The van der Waals surface area contributed by atoms with Crippen LogP contribution in [0.3, 0.4) is 0 Å². The fourth-order valence-corrected chi connectivity index (χ4v) is 4.06. The SMILES string of the molecule is CCCc1noc([C@H](C)N2C[C@@H](C)[C@H](N3CCN(C(C)=O)CC3)C2)n1. The van der Waals surface area contributed by atoms with Crippen molar-refractivity contribution in [3.05, 3.63) is 11.7 Å². The molecule has 2 saturated heterocycles. The summed E-state index contributed by atoms with van der Waals surface area (Å²) in [4.78, 5) is 23.0. The number of nitrogens with zero attached hydrogens (tertiary/aromatic N) is 5. The Bertz CT molecular complexity index is 582. The van der Waals surface area contributed by atoms with Crippen molar-refractivity contribution < 1.29 is 9.32 Å². The minimum Gasteiger partial charge on any atom is -0.340 e. The Kier molecular flexibility index (Phi) is 5.74. The Balaban J connectivity index is 1.58. The molecular formula is C18H31N5O2. The van der Waals surface area contributed by atoms with Crippen LogP contribution in [0.2, 0.25) is 0 Å². The van der Waals surface area contributed by atoms with E-state index in [1.165, 1.54) is 0 Å². The van der Waals surface area contributed by atoms with Crippen LogP contribution in [0, 0.1) is 5.92 Å². The smallest absolute Gasteiger partial charge is 0.243 e. The second-order valence-corrected chi connectivity index (χ2v) is 7.52. The molecule has 2 aliphatic rings. The Morgan fingerprint density at radius 1 is 1.28 bits per heavy atom. The van der Waals surface area contributed by atoms with Gasteiger partial charge in [-0.1, -0.05) is 19.0 Å². The molecule has 2 aliphatic heterocycles. The van der Waals surface area contributed by atoms with Crippen LogP contribution in [0.15, 0.2) is 4.52 Å². The molecule has 0 aliphatic carbocycles. The maximum Gasteiger partial charge on any atom is 0.243 e. The molecule has 1 amide bonds. The van der Waals surface area contributed by atoms with Crippen LogP contribution < -0.4 is 0 Å². The lowest BCUT2D eigenvalue weighted by Crippen LogP contribution is -2.53. The predicted octanol–water partition coefficient (Wildman–Crippen LogP) is 1.57. The lowest BCUT2D eigenvalue weighted by molar-refractivity contribution is -0.130. The first-order valence-corrected chi connectivity index (χ1v) is 9.55. The standard InChI is InChI=1S/C18H31N5O2/c1-5-6-17-19-18(25-20-17)14(3)23-11-13(2)16(12-23)22-9-7-21(8-10-22)15(4)24/h13-14,16H,5-12H2,1-4H3/t13-,14+,16-/m1/s1. The second kappa shape index (κ2) is 7.83. The van der Waals surface area contributed by atoms with E-state index in [4.69, 9.17) is 4.52 Å². The third kappa shape index (κ3) is 4.03. The van der Waals surface area contributed by atoms with Gasteiger partial charge in [0.25, 0.3) is 0 Å². The lowest BCUT2D eigenvalue weighted by atomic mass is 10.0. The van der Waals surface area contributed by atoms with E-state index in [0.29, 0.717) is 12.0 Å².